The highest BCUT2D eigenvalue weighted by Crippen LogP contribution is 2.27. The fraction of sp³-hybridized carbons (Fsp3) is 0.143. The Morgan fingerprint density at radius 1 is 0.950 bits per heavy atom. The van der Waals surface area contributed by atoms with E-state index in [2.05, 4.69) is 0 Å². The molecule has 0 aliphatic carbocycles. The van der Waals surface area contributed by atoms with E-state index in [1.807, 2.05) is 0 Å². The predicted molar refractivity (Wildman–Crippen MR) is 68.4 cm³/mol. The summed E-state index contributed by atoms with van der Waals surface area (Å²) in [5.74, 6) is -4.86. The molecule has 1 unspecified atom stereocenters. The molecule has 0 aliphatic rings. The van der Waals surface area contributed by atoms with Crippen LogP contribution in [0, 0.1) is 23.3 Å². The zero-order valence-corrected chi connectivity index (χ0v) is 10.9. The van der Waals surface area contributed by atoms with Crippen molar-refractivity contribution >= 4 is 11.6 Å². The molecule has 2 aromatic rings. The minimum Gasteiger partial charge on any atom is -0.324 e. The minimum atomic E-state index is -1.60. The molecule has 1 atom stereocenters. The fourth-order valence-corrected chi connectivity index (χ4v) is 2.12. The monoisotopic (exact) mass is 303 g/mol. The van der Waals surface area contributed by atoms with Crippen LogP contribution in [-0.4, -0.2) is 0 Å². The smallest absolute Gasteiger partial charge is 0.194 e. The highest BCUT2D eigenvalue weighted by Gasteiger charge is 2.20. The molecule has 2 rings (SSSR count). The van der Waals surface area contributed by atoms with Gasteiger partial charge in [0.2, 0.25) is 0 Å². The Labute approximate surface area is 118 Å². The van der Waals surface area contributed by atoms with Gasteiger partial charge < -0.3 is 5.73 Å². The lowest BCUT2D eigenvalue weighted by molar-refractivity contribution is 0.434. The molecule has 0 bridgehead atoms. The zero-order chi connectivity index (χ0) is 14.9. The molecule has 0 amide bonds. The Bertz CT molecular complexity index is 625. The number of hydrogen-bond acceptors (Lipinski definition) is 1. The van der Waals surface area contributed by atoms with E-state index in [-0.39, 0.29) is 22.6 Å². The van der Waals surface area contributed by atoms with Gasteiger partial charge in [-0.1, -0.05) is 23.7 Å². The summed E-state index contributed by atoms with van der Waals surface area (Å²) in [5.41, 5.74) is 5.60. The van der Waals surface area contributed by atoms with Crippen molar-refractivity contribution in [1.29, 1.82) is 0 Å². The second kappa shape index (κ2) is 5.81. The molecule has 0 fully saturated rings. The molecule has 20 heavy (non-hydrogen) atoms. The van der Waals surface area contributed by atoms with Gasteiger partial charge in [0, 0.05) is 22.2 Å². The average Bonchev–Trinajstić information content (AvgIpc) is 2.40. The summed E-state index contributed by atoms with van der Waals surface area (Å²) in [4.78, 5) is 0. The first-order valence-electron chi connectivity index (χ1n) is 5.73. The molecular formula is C14H10ClF4N. The van der Waals surface area contributed by atoms with Gasteiger partial charge in [-0.25, -0.2) is 17.6 Å². The van der Waals surface area contributed by atoms with Crippen LogP contribution >= 0.6 is 11.6 Å². The molecule has 0 heterocycles. The van der Waals surface area contributed by atoms with Crippen molar-refractivity contribution in [3.05, 3.63) is 69.8 Å². The van der Waals surface area contributed by atoms with Crippen molar-refractivity contribution in [3.8, 4) is 0 Å². The summed E-state index contributed by atoms with van der Waals surface area (Å²) in [6.07, 6.45) is -0.131. The lowest BCUT2D eigenvalue weighted by atomic mass is 9.98. The fourth-order valence-electron chi connectivity index (χ4n) is 1.88. The Hall–Kier alpha value is -1.59. The van der Waals surface area contributed by atoms with Crippen molar-refractivity contribution < 1.29 is 17.6 Å². The standard InChI is InChI=1S/C14H10ClF4N/c15-9-2-1-3-10(16)8(9)6-12(20)7-4-5-11(17)14(19)13(7)18/h1-5,12H,6,20H2. The molecule has 2 aromatic carbocycles. The molecule has 106 valence electrons. The lowest BCUT2D eigenvalue weighted by Crippen LogP contribution is -2.17. The van der Waals surface area contributed by atoms with Gasteiger partial charge in [0.25, 0.3) is 0 Å². The van der Waals surface area contributed by atoms with E-state index in [1.54, 1.807) is 0 Å². The Balaban J connectivity index is 2.34. The van der Waals surface area contributed by atoms with Gasteiger partial charge in [-0.15, -0.1) is 0 Å². The van der Waals surface area contributed by atoms with Gasteiger partial charge in [-0.3, -0.25) is 0 Å². The molecule has 0 radical (unpaired) electrons. The molecule has 0 spiro atoms. The molecule has 0 aliphatic heterocycles. The molecule has 0 saturated carbocycles. The molecule has 1 nitrogen and oxygen atoms in total. The number of halogens is 5. The number of nitrogens with two attached hydrogens (primary N) is 1. The van der Waals surface area contributed by atoms with Crippen LogP contribution in [0.1, 0.15) is 17.2 Å². The van der Waals surface area contributed by atoms with Crippen LogP contribution in [0.3, 0.4) is 0 Å². The van der Waals surface area contributed by atoms with E-state index in [0.717, 1.165) is 12.1 Å². The quantitative estimate of drug-likeness (QED) is 0.669. The highest BCUT2D eigenvalue weighted by molar-refractivity contribution is 6.31. The average molecular weight is 304 g/mol. The van der Waals surface area contributed by atoms with Gasteiger partial charge in [-0.2, -0.15) is 0 Å². The topological polar surface area (TPSA) is 26.0 Å². The van der Waals surface area contributed by atoms with Crippen LogP contribution in [0.25, 0.3) is 0 Å². The summed E-state index contributed by atoms with van der Waals surface area (Å²) in [7, 11) is 0. The maximum absolute atomic E-state index is 13.6. The van der Waals surface area contributed by atoms with Crippen molar-refractivity contribution in [2.45, 2.75) is 12.5 Å². The first-order chi connectivity index (χ1) is 9.41. The second-order valence-corrected chi connectivity index (χ2v) is 4.68. The maximum Gasteiger partial charge on any atom is 0.194 e. The Morgan fingerprint density at radius 2 is 1.65 bits per heavy atom. The number of rotatable bonds is 3. The minimum absolute atomic E-state index is 0.103. The number of benzene rings is 2. The summed E-state index contributed by atoms with van der Waals surface area (Å²) in [6, 6.07) is 4.85. The first-order valence-corrected chi connectivity index (χ1v) is 6.11. The molecule has 0 aromatic heterocycles. The van der Waals surface area contributed by atoms with Crippen LogP contribution in [0.15, 0.2) is 30.3 Å². The predicted octanol–water partition coefficient (Wildman–Crippen LogP) is 4.14. The molecule has 2 N–H and O–H groups in total. The van der Waals surface area contributed by atoms with E-state index >= 15 is 0 Å². The summed E-state index contributed by atoms with van der Waals surface area (Å²) >= 11 is 5.83. The van der Waals surface area contributed by atoms with E-state index in [4.69, 9.17) is 17.3 Å². The first kappa shape index (κ1) is 14.8. The van der Waals surface area contributed by atoms with Crippen LogP contribution in [0.5, 0.6) is 0 Å². The van der Waals surface area contributed by atoms with Gasteiger partial charge in [0.05, 0.1) is 0 Å². The van der Waals surface area contributed by atoms with Gasteiger partial charge in [0.15, 0.2) is 17.5 Å². The second-order valence-electron chi connectivity index (χ2n) is 4.28. The summed E-state index contributed by atoms with van der Waals surface area (Å²) in [6.45, 7) is 0. The Morgan fingerprint density at radius 3 is 2.30 bits per heavy atom. The van der Waals surface area contributed by atoms with Crippen LogP contribution in [-0.2, 0) is 6.42 Å². The summed E-state index contributed by atoms with van der Waals surface area (Å²) in [5, 5.41) is 0.142. The summed E-state index contributed by atoms with van der Waals surface area (Å²) < 4.78 is 53.2. The SMILES string of the molecule is NC(Cc1c(F)cccc1Cl)c1ccc(F)c(F)c1F. The third kappa shape index (κ3) is 2.78. The lowest BCUT2D eigenvalue weighted by Gasteiger charge is -2.15. The highest BCUT2D eigenvalue weighted by atomic mass is 35.5. The third-order valence-electron chi connectivity index (χ3n) is 2.95. The molecule has 0 saturated heterocycles. The van der Waals surface area contributed by atoms with Crippen LogP contribution < -0.4 is 5.73 Å². The van der Waals surface area contributed by atoms with Crippen molar-refractivity contribution in [2.75, 3.05) is 0 Å². The molecule has 6 heteroatoms. The number of hydrogen-bond donors (Lipinski definition) is 1. The largest absolute Gasteiger partial charge is 0.324 e. The van der Waals surface area contributed by atoms with Gasteiger partial charge in [-0.05, 0) is 24.6 Å². The van der Waals surface area contributed by atoms with E-state index in [0.29, 0.717) is 0 Å². The van der Waals surface area contributed by atoms with Gasteiger partial charge >= 0.3 is 0 Å². The van der Waals surface area contributed by atoms with Crippen molar-refractivity contribution in [1.82, 2.24) is 0 Å². The van der Waals surface area contributed by atoms with Crippen LogP contribution in [0.2, 0.25) is 5.02 Å². The maximum atomic E-state index is 13.6. The van der Waals surface area contributed by atoms with Crippen LogP contribution in [0.4, 0.5) is 17.6 Å². The normalized spacial score (nSPS) is 12.5. The zero-order valence-electron chi connectivity index (χ0n) is 10.1. The molecular weight excluding hydrogens is 294 g/mol. The van der Waals surface area contributed by atoms with Gasteiger partial charge in [0.1, 0.15) is 5.82 Å². The van der Waals surface area contributed by atoms with E-state index in [9.17, 15) is 17.6 Å². The Kier molecular flexibility index (Phi) is 4.30. The third-order valence-corrected chi connectivity index (χ3v) is 3.30. The van der Waals surface area contributed by atoms with E-state index < -0.39 is 29.3 Å². The van der Waals surface area contributed by atoms with Crippen molar-refractivity contribution in [3.63, 3.8) is 0 Å². The van der Waals surface area contributed by atoms with Crippen molar-refractivity contribution in [2.24, 2.45) is 5.73 Å². The van der Waals surface area contributed by atoms with E-state index in [1.165, 1.54) is 18.2 Å².